The number of carbonyl (C=O) groups excluding carboxylic acids is 1. The molecule has 0 aromatic heterocycles. The van der Waals surface area contributed by atoms with Gasteiger partial charge in [-0.05, 0) is 48.5 Å². The number of amides is 1. The number of nitro benzene ring substituents is 1. The van der Waals surface area contributed by atoms with Gasteiger partial charge in [0.1, 0.15) is 11.5 Å². The number of piperazine rings is 1. The summed E-state index contributed by atoms with van der Waals surface area (Å²) in [5.74, 6) is 1.21. The van der Waals surface area contributed by atoms with Gasteiger partial charge in [0.05, 0.1) is 12.0 Å². The highest BCUT2D eigenvalue weighted by Gasteiger charge is 2.23. The summed E-state index contributed by atoms with van der Waals surface area (Å²) in [6.07, 6.45) is 0. The molecule has 3 aromatic rings. The van der Waals surface area contributed by atoms with Gasteiger partial charge in [-0.2, -0.15) is 0 Å². The monoisotopic (exact) mass is 467 g/mol. The Morgan fingerprint density at radius 3 is 2.36 bits per heavy atom. The van der Waals surface area contributed by atoms with Crippen molar-refractivity contribution in [2.24, 2.45) is 0 Å². The first-order valence-corrected chi connectivity index (χ1v) is 10.7. The zero-order chi connectivity index (χ0) is 23.4. The molecule has 0 N–H and O–H groups in total. The zero-order valence-corrected chi connectivity index (χ0v) is 18.7. The lowest BCUT2D eigenvalue weighted by Gasteiger charge is -2.36. The summed E-state index contributed by atoms with van der Waals surface area (Å²) >= 11 is 5.84. The van der Waals surface area contributed by atoms with Gasteiger partial charge in [0.15, 0.2) is 0 Å². The highest BCUT2D eigenvalue weighted by molar-refractivity contribution is 6.30. The fourth-order valence-corrected chi connectivity index (χ4v) is 3.84. The average molecular weight is 468 g/mol. The van der Waals surface area contributed by atoms with Crippen LogP contribution in [0.4, 0.5) is 11.4 Å². The van der Waals surface area contributed by atoms with Gasteiger partial charge in [-0.3, -0.25) is 14.9 Å². The van der Waals surface area contributed by atoms with Crippen molar-refractivity contribution in [3.8, 4) is 17.2 Å². The number of rotatable bonds is 6. The zero-order valence-electron chi connectivity index (χ0n) is 17.9. The topological polar surface area (TPSA) is 85.2 Å². The van der Waals surface area contributed by atoms with Gasteiger partial charge in [-0.25, -0.2) is 0 Å². The summed E-state index contributed by atoms with van der Waals surface area (Å²) in [6.45, 7) is 2.65. The van der Waals surface area contributed by atoms with E-state index in [1.807, 2.05) is 29.2 Å². The van der Waals surface area contributed by atoms with Crippen LogP contribution in [0.2, 0.25) is 5.02 Å². The van der Waals surface area contributed by atoms with Crippen molar-refractivity contribution in [1.29, 1.82) is 0 Å². The summed E-state index contributed by atoms with van der Waals surface area (Å²) < 4.78 is 10.9. The number of benzene rings is 3. The van der Waals surface area contributed by atoms with Crippen LogP contribution in [-0.4, -0.2) is 49.0 Å². The van der Waals surface area contributed by atoms with Gasteiger partial charge in [0, 0.05) is 54.6 Å². The lowest BCUT2D eigenvalue weighted by molar-refractivity contribution is -0.385. The van der Waals surface area contributed by atoms with Crippen molar-refractivity contribution >= 4 is 28.9 Å². The van der Waals surface area contributed by atoms with E-state index in [-0.39, 0.29) is 22.4 Å². The van der Waals surface area contributed by atoms with Crippen molar-refractivity contribution in [3.63, 3.8) is 0 Å². The largest absolute Gasteiger partial charge is 0.497 e. The fourth-order valence-electron chi connectivity index (χ4n) is 3.67. The molecule has 1 amide bonds. The number of methoxy groups -OCH3 is 1. The van der Waals surface area contributed by atoms with E-state index in [0.29, 0.717) is 24.4 Å². The number of hydrogen-bond acceptors (Lipinski definition) is 6. The first-order chi connectivity index (χ1) is 15.9. The van der Waals surface area contributed by atoms with Crippen molar-refractivity contribution in [3.05, 3.63) is 87.4 Å². The molecular formula is C24H22ClN3O5. The van der Waals surface area contributed by atoms with E-state index in [1.54, 1.807) is 31.4 Å². The summed E-state index contributed by atoms with van der Waals surface area (Å²) in [4.78, 5) is 27.7. The predicted octanol–water partition coefficient (Wildman–Crippen LogP) is 5.01. The van der Waals surface area contributed by atoms with Gasteiger partial charge < -0.3 is 19.3 Å². The Hall–Kier alpha value is -3.78. The molecule has 33 heavy (non-hydrogen) atoms. The molecule has 3 aromatic carbocycles. The van der Waals surface area contributed by atoms with E-state index in [1.165, 1.54) is 18.2 Å². The Morgan fingerprint density at radius 2 is 1.70 bits per heavy atom. The third-order valence-corrected chi connectivity index (χ3v) is 5.67. The normalized spacial score (nSPS) is 13.5. The van der Waals surface area contributed by atoms with Gasteiger partial charge in [0.2, 0.25) is 5.75 Å². The third kappa shape index (κ3) is 5.18. The molecule has 8 nitrogen and oxygen atoms in total. The number of nitrogens with zero attached hydrogens (tertiary/aromatic N) is 3. The van der Waals surface area contributed by atoms with E-state index in [9.17, 15) is 14.9 Å². The Labute approximate surface area is 196 Å². The maximum absolute atomic E-state index is 12.9. The molecule has 170 valence electrons. The van der Waals surface area contributed by atoms with Gasteiger partial charge in [-0.1, -0.05) is 17.7 Å². The van der Waals surface area contributed by atoms with E-state index >= 15 is 0 Å². The van der Waals surface area contributed by atoms with Crippen LogP contribution in [0.25, 0.3) is 0 Å². The molecule has 1 heterocycles. The second-order valence-corrected chi connectivity index (χ2v) is 7.91. The Bertz CT molecular complexity index is 1160. The summed E-state index contributed by atoms with van der Waals surface area (Å²) in [7, 11) is 1.64. The van der Waals surface area contributed by atoms with Crippen LogP contribution < -0.4 is 14.4 Å². The number of nitro groups is 1. The molecule has 1 aliphatic heterocycles. The van der Waals surface area contributed by atoms with E-state index in [4.69, 9.17) is 21.1 Å². The van der Waals surface area contributed by atoms with Crippen LogP contribution >= 0.6 is 11.6 Å². The lowest BCUT2D eigenvalue weighted by atomic mass is 10.1. The van der Waals surface area contributed by atoms with Crippen LogP contribution in [-0.2, 0) is 0 Å². The SMILES string of the molecule is COc1cccc(N2CCN(C(=O)c3ccc(Oc4ccc(Cl)cc4[N+](=O)[O-])cc3)CC2)c1. The smallest absolute Gasteiger partial charge is 0.313 e. The fraction of sp³-hybridized carbons (Fsp3) is 0.208. The molecular weight excluding hydrogens is 446 g/mol. The molecule has 0 spiro atoms. The molecule has 0 bridgehead atoms. The van der Waals surface area contributed by atoms with E-state index in [2.05, 4.69) is 4.90 Å². The number of carbonyl (C=O) groups is 1. The first kappa shape index (κ1) is 22.4. The van der Waals surface area contributed by atoms with Gasteiger partial charge in [0.25, 0.3) is 5.91 Å². The lowest BCUT2D eigenvalue weighted by Crippen LogP contribution is -2.48. The Morgan fingerprint density at radius 1 is 0.970 bits per heavy atom. The first-order valence-electron chi connectivity index (χ1n) is 10.3. The number of anilines is 1. The second-order valence-electron chi connectivity index (χ2n) is 7.48. The molecule has 0 unspecified atom stereocenters. The maximum Gasteiger partial charge on any atom is 0.313 e. The van der Waals surface area contributed by atoms with Crippen molar-refractivity contribution in [2.75, 3.05) is 38.2 Å². The minimum Gasteiger partial charge on any atom is -0.497 e. The molecule has 1 fully saturated rings. The number of halogens is 1. The second kappa shape index (κ2) is 9.79. The number of ether oxygens (including phenoxy) is 2. The molecule has 1 aliphatic rings. The predicted molar refractivity (Wildman–Crippen MR) is 126 cm³/mol. The average Bonchev–Trinajstić information content (AvgIpc) is 2.85. The van der Waals surface area contributed by atoms with E-state index in [0.717, 1.165) is 24.5 Å². The number of hydrogen-bond donors (Lipinski definition) is 0. The minimum atomic E-state index is -0.551. The van der Waals surface area contributed by atoms with Crippen molar-refractivity contribution in [2.45, 2.75) is 0 Å². The van der Waals surface area contributed by atoms with Crippen LogP contribution in [0.5, 0.6) is 17.2 Å². The summed E-state index contributed by atoms with van der Waals surface area (Å²) in [5, 5.41) is 11.5. The van der Waals surface area contributed by atoms with Crippen LogP contribution in [0.3, 0.4) is 0 Å². The molecule has 0 atom stereocenters. The quantitative estimate of drug-likeness (QED) is 0.374. The highest BCUT2D eigenvalue weighted by atomic mass is 35.5. The van der Waals surface area contributed by atoms with Crippen LogP contribution in [0.15, 0.2) is 66.7 Å². The molecule has 0 saturated carbocycles. The van der Waals surface area contributed by atoms with Gasteiger partial charge in [-0.15, -0.1) is 0 Å². The molecule has 9 heteroatoms. The van der Waals surface area contributed by atoms with Crippen molar-refractivity contribution < 1.29 is 19.2 Å². The molecule has 1 saturated heterocycles. The Kier molecular flexibility index (Phi) is 6.65. The standard InChI is InChI=1S/C24H22ClN3O5/c1-32-21-4-2-3-19(16-21)26-11-13-27(14-12-26)24(29)17-5-8-20(9-6-17)33-23-10-7-18(25)15-22(23)28(30)31/h2-10,15-16H,11-14H2,1H3. The van der Waals surface area contributed by atoms with Gasteiger partial charge >= 0.3 is 5.69 Å². The molecule has 4 rings (SSSR count). The Balaban J connectivity index is 1.39. The molecule has 0 aliphatic carbocycles. The van der Waals surface area contributed by atoms with E-state index < -0.39 is 4.92 Å². The summed E-state index contributed by atoms with van der Waals surface area (Å²) in [5.41, 5.74) is 1.37. The van der Waals surface area contributed by atoms with Crippen molar-refractivity contribution in [1.82, 2.24) is 4.90 Å². The van der Waals surface area contributed by atoms with Crippen LogP contribution in [0, 0.1) is 10.1 Å². The van der Waals surface area contributed by atoms with Crippen LogP contribution in [0.1, 0.15) is 10.4 Å². The highest BCUT2D eigenvalue weighted by Crippen LogP contribution is 2.33. The minimum absolute atomic E-state index is 0.0654. The summed E-state index contributed by atoms with van der Waals surface area (Å²) in [6, 6.07) is 18.6. The maximum atomic E-state index is 12.9. The third-order valence-electron chi connectivity index (χ3n) is 5.43. The molecule has 0 radical (unpaired) electrons.